The Morgan fingerprint density at radius 3 is 2.72 bits per heavy atom. The first-order valence-corrected chi connectivity index (χ1v) is 6.18. The predicted molar refractivity (Wildman–Crippen MR) is 72.4 cm³/mol. The molecule has 1 aromatic carbocycles. The SMILES string of the molecule is CC(Cl)c1ccc(C(=O)Nc2cccc(Cl)c2)o1. The highest BCUT2D eigenvalue weighted by molar-refractivity contribution is 6.30. The van der Waals surface area contributed by atoms with Crippen LogP contribution in [0.3, 0.4) is 0 Å². The lowest BCUT2D eigenvalue weighted by atomic mass is 10.3. The number of carbonyl (C=O) groups is 1. The number of hydrogen-bond donors (Lipinski definition) is 1. The fourth-order valence-electron chi connectivity index (χ4n) is 1.45. The van der Waals surface area contributed by atoms with E-state index >= 15 is 0 Å². The Morgan fingerprint density at radius 2 is 2.11 bits per heavy atom. The lowest BCUT2D eigenvalue weighted by Gasteiger charge is -2.03. The molecule has 18 heavy (non-hydrogen) atoms. The van der Waals surface area contributed by atoms with Gasteiger partial charge < -0.3 is 9.73 Å². The summed E-state index contributed by atoms with van der Waals surface area (Å²) >= 11 is 11.7. The number of rotatable bonds is 3. The summed E-state index contributed by atoms with van der Waals surface area (Å²) < 4.78 is 5.33. The Kier molecular flexibility index (Phi) is 3.94. The number of amides is 1. The normalized spacial score (nSPS) is 12.2. The van der Waals surface area contributed by atoms with Gasteiger partial charge in [-0.05, 0) is 37.3 Å². The maximum atomic E-state index is 11.9. The van der Waals surface area contributed by atoms with E-state index in [1.807, 2.05) is 0 Å². The van der Waals surface area contributed by atoms with E-state index in [9.17, 15) is 4.79 Å². The molecule has 0 radical (unpaired) electrons. The van der Waals surface area contributed by atoms with Crippen molar-refractivity contribution in [2.24, 2.45) is 0 Å². The molecule has 0 aliphatic carbocycles. The highest BCUT2D eigenvalue weighted by atomic mass is 35.5. The van der Waals surface area contributed by atoms with Crippen molar-refractivity contribution in [2.75, 3.05) is 5.32 Å². The third-order valence-corrected chi connectivity index (χ3v) is 2.78. The maximum absolute atomic E-state index is 11.9. The second kappa shape index (κ2) is 5.46. The Labute approximate surface area is 115 Å². The van der Waals surface area contributed by atoms with Crippen molar-refractivity contribution in [2.45, 2.75) is 12.3 Å². The summed E-state index contributed by atoms with van der Waals surface area (Å²) in [5.74, 6) is 0.450. The van der Waals surface area contributed by atoms with E-state index < -0.39 is 0 Å². The smallest absolute Gasteiger partial charge is 0.291 e. The molecule has 94 valence electrons. The Bertz CT molecular complexity index is 564. The van der Waals surface area contributed by atoms with Gasteiger partial charge in [0, 0.05) is 10.7 Å². The Balaban J connectivity index is 2.12. The van der Waals surface area contributed by atoms with Crippen LogP contribution in [0.2, 0.25) is 5.02 Å². The van der Waals surface area contributed by atoms with Crippen LogP contribution in [0, 0.1) is 0 Å². The number of furan rings is 1. The molecule has 2 rings (SSSR count). The molecule has 1 aromatic heterocycles. The van der Waals surface area contributed by atoms with Gasteiger partial charge in [-0.2, -0.15) is 0 Å². The summed E-state index contributed by atoms with van der Waals surface area (Å²) in [7, 11) is 0. The first kappa shape index (κ1) is 13.0. The zero-order chi connectivity index (χ0) is 13.1. The first-order chi connectivity index (χ1) is 8.56. The molecule has 0 fully saturated rings. The standard InChI is InChI=1S/C13H11Cl2NO2/c1-8(14)11-5-6-12(18-11)13(17)16-10-4-2-3-9(15)7-10/h2-8H,1H3,(H,16,17). The largest absolute Gasteiger partial charge is 0.454 e. The monoisotopic (exact) mass is 283 g/mol. The molecule has 0 saturated heterocycles. The highest BCUT2D eigenvalue weighted by Crippen LogP contribution is 2.22. The molecule has 1 heterocycles. The van der Waals surface area contributed by atoms with E-state index in [0.29, 0.717) is 16.5 Å². The zero-order valence-electron chi connectivity index (χ0n) is 9.61. The summed E-state index contributed by atoms with van der Waals surface area (Å²) in [6, 6.07) is 10.2. The molecule has 0 spiro atoms. The fraction of sp³-hybridized carbons (Fsp3) is 0.154. The third-order valence-electron chi connectivity index (χ3n) is 2.33. The molecule has 1 atom stereocenters. The number of anilines is 1. The van der Waals surface area contributed by atoms with E-state index in [4.69, 9.17) is 27.6 Å². The number of halogens is 2. The summed E-state index contributed by atoms with van der Waals surface area (Å²) in [4.78, 5) is 11.9. The van der Waals surface area contributed by atoms with E-state index in [-0.39, 0.29) is 17.0 Å². The first-order valence-electron chi connectivity index (χ1n) is 5.37. The van der Waals surface area contributed by atoms with Crippen LogP contribution in [0.1, 0.15) is 28.6 Å². The van der Waals surface area contributed by atoms with Crippen molar-refractivity contribution < 1.29 is 9.21 Å². The van der Waals surface area contributed by atoms with Crippen molar-refractivity contribution in [1.82, 2.24) is 0 Å². The van der Waals surface area contributed by atoms with Crippen LogP contribution >= 0.6 is 23.2 Å². The lowest BCUT2D eigenvalue weighted by molar-refractivity contribution is 0.0995. The molecule has 0 aliphatic heterocycles. The third kappa shape index (κ3) is 3.06. The quantitative estimate of drug-likeness (QED) is 0.844. The van der Waals surface area contributed by atoms with Gasteiger partial charge in [-0.1, -0.05) is 17.7 Å². The van der Waals surface area contributed by atoms with Crippen LogP contribution < -0.4 is 5.32 Å². The molecule has 5 heteroatoms. The van der Waals surface area contributed by atoms with Crippen LogP contribution in [-0.4, -0.2) is 5.91 Å². The second-order valence-corrected chi connectivity index (χ2v) is 4.87. The molecule has 0 aliphatic rings. The fourth-order valence-corrected chi connectivity index (χ4v) is 1.76. The number of hydrogen-bond acceptors (Lipinski definition) is 2. The highest BCUT2D eigenvalue weighted by Gasteiger charge is 2.13. The molecule has 0 bridgehead atoms. The van der Waals surface area contributed by atoms with Gasteiger partial charge in [0.25, 0.3) is 5.91 Å². The minimum atomic E-state index is -0.333. The summed E-state index contributed by atoms with van der Waals surface area (Å²) in [6.45, 7) is 1.78. The van der Waals surface area contributed by atoms with Crippen molar-refractivity contribution in [1.29, 1.82) is 0 Å². The minimum absolute atomic E-state index is 0.220. The molecule has 1 unspecified atom stereocenters. The number of benzene rings is 1. The average molecular weight is 284 g/mol. The van der Waals surface area contributed by atoms with Crippen LogP contribution in [0.5, 0.6) is 0 Å². The molecule has 0 saturated carbocycles. The molecular weight excluding hydrogens is 273 g/mol. The van der Waals surface area contributed by atoms with Gasteiger partial charge in [0.05, 0.1) is 5.38 Å². The Hall–Kier alpha value is -1.45. The van der Waals surface area contributed by atoms with E-state index in [1.54, 1.807) is 43.3 Å². The van der Waals surface area contributed by atoms with Gasteiger partial charge in [-0.15, -0.1) is 11.6 Å². The minimum Gasteiger partial charge on any atom is -0.454 e. The van der Waals surface area contributed by atoms with Gasteiger partial charge in [-0.25, -0.2) is 0 Å². The van der Waals surface area contributed by atoms with Gasteiger partial charge in [0.2, 0.25) is 0 Å². The Morgan fingerprint density at radius 1 is 1.33 bits per heavy atom. The van der Waals surface area contributed by atoms with Crippen LogP contribution in [0.4, 0.5) is 5.69 Å². The van der Waals surface area contributed by atoms with E-state index in [1.165, 1.54) is 0 Å². The van der Waals surface area contributed by atoms with Gasteiger partial charge in [0.15, 0.2) is 5.76 Å². The number of carbonyl (C=O) groups excluding carboxylic acids is 1. The van der Waals surface area contributed by atoms with Crippen molar-refractivity contribution in [3.63, 3.8) is 0 Å². The maximum Gasteiger partial charge on any atom is 0.291 e. The van der Waals surface area contributed by atoms with Crippen LogP contribution in [-0.2, 0) is 0 Å². The van der Waals surface area contributed by atoms with Crippen molar-refractivity contribution >= 4 is 34.8 Å². The molecule has 1 N–H and O–H groups in total. The summed E-state index contributed by atoms with van der Waals surface area (Å²) in [6.07, 6.45) is 0. The van der Waals surface area contributed by atoms with E-state index in [2.05, 4.69) is 5.32 Å². The molecule has 3 nitrogen and oxygen atoms in total. The summed E-state index contributed by atoms with van der Waals surface area (Å²) in [5, 5.41) is 2.98. The predicted octanol–water partition coefficient (Wildman–Crippen LogP) is 4.49. The van der Waals surface area contributed by atoms with E-state index in [0.717, 1.165) is 0 Å². The molecule has 2 aromatic rings. The van der Waals surface area contributed by atoms with Crippen molar-refractivity contribution in [3.05, 3.63) is 52.9 Å². The van der Waals surface area contributed by atoms with Crippen LogP contribution in [0.25, 0.3) is 0 Å². The number of alkyl halides is 1. The topological polar surface area (TPSA) is 42.2 Å². The average Bonchev–Trinajstić information content (AvgIpc) is 2.78. The zero-order valence-corrected chi connectivity index (χ0v) is 11.1. The molecular formula is C13H11Cl2NO2. The van der Waals surface area contributed by atoms with Crippen LogP contribution in [0.15, 0.2) is 40.8 Å². The van der Waals surface area contributed by atoms with Gasteiger partial charge in [0.1, 0.15) is 5.76 Å². The van der Waals surface area contributed by atoms with Gasteiger partial charge in [-0.3, -0.25) is 4.79 Å². The van der Waals surface area contributed by atoms with Gasteiger partial charge >= 0.3 is 0 Å². The number of nitrogens with one attached hydrogen (secondary N) is 1. The lowest BCUT2D eigenvalue weighted by Crippen LogP contribution is -2.10. The van der Waals surface area contributed by atoms with Crippen molar-refractivity contribution in [3.8, 4) is 0 Å². The summed E-state index contributed by atoms with van der Waals surface area (Å²) in [5.41, 5.74) is 0.615. The molecule has 1 amide bonds. The second-order valence-electron chi connectivity index (χ2n) is 3.78.